The summed E-state index contributed by atoms with van der Waals surface area (Å²) in [5.41, 5.74) is 1.58. The summed E-state index contributed by atoms with van der Waals surface area (Å²) in [7, 11) is -0.446. The second-order valence-electron chi connectivity index (χ2n) is 7.15. The molecule has 0 spiro atoms. The van der Waals surface area contributed by atoms with E-state index in [0.29, 0.717) is 0 Å². The summed E-state index contributed by atoms with van der Waals surface area (Å²) in [6, 6.07) is 39.4. The molecule has 1 aliphatic rings. The molecule has 4 aromatic carbocycles. The van der Waals surface area contributed by atoms with Gasteiger partial charge < -0.3 is 6.42 Å². The Balaban J connectivity index is 0.000000225. The fourth-order valence-electron chi connectivity index (χ4n) is 3.15. The molecule has 0 aromatic heterocycles. The van der Waals surface area contributed by atoms with Gasteiger partial charge in [-0.3, -0.25) is 5.92 Å². The minimum atomic E-state index is -0.446. The summed E-state index contributed by atoms with van der Waals surface area (Å²) in [5.74, 6) is 4.75. The third-order valence-corrected chi connectivity index (χ3v) is 7.24. The van der Waals surface area contributed by atoms with Gasteiger partial charge in [-0.1, -0.05) is 109 Å². The van der Waals surface area contributed by atoms with Gasteiger partial charge in [-0.05, 0) is 55.9 Å². The van der Waals surface area contributed by atoms with E-state index in [4.69, 9.17) is 12.8 Å². The van der Waals surface area contributed by atoms with E-state index in [1.807, 2.05) is 32.1 Å². The van der Waals surface area contributed by atoms with Crippen molar-refractivity contribution in [3.8, 4) is 18.3 Å². The van der Waals surface area contributed by atoms with Gasteiger partial charge in [0.2, 0.25) is 0 Å². The summed E-state index contributed by atoms with van der Waals surface area (Å²) < 4.78 is 0. The Kier molecular flexibility index (Phi) is 13.3. The molecule has 0 unspecified atom stereocenters. The third kappa shape index (κ3) is 9.60. The summed E-state index contributed by atoms with van der Waals surface area (Å²) >= 11 is 0. The van der Waals surface area contributed by atoms with Crippen LogP contribution in [0.1, 0.15) is 11.1 Å². The van der Waals surface area contributed by atoms with Gasteiger partial charge in [-0.15, -0.1) is 24.1 Å². The Morgan fingerprint density at radius 2 is 0.800 bits per heavy atom. The zero-order valence-corrected chi connectivity index (χ0v) is 21.1. The number of hydrogen-bond donors (Lipinski definition) is 0. The molecule has 5 radical (unpaired) electrons. The van der Waals surface area contributed by atoms with E-state index in [1.54, 1.807) is 24.3 Å². The van der Waals surface area contributed by atoms with Crippen molar-refractivity contribution >= 4 is 23.8 Å². The standard InChI is InChI=1S/C18H15P.C10H5.C5H5.Ni/c1-4-10-16(11-5-1)19(17-12-6-2-7-13-17)18-14-8-3-9-15-18;1-3-9-5-7-10(4-2)8-6-9;1-2-4-5-3-1;/h1-15H;1,5-8H;1-5H;/q;-1;;+2. The van der Waals surface area contributed by atoms with Crippen LogP contribution in [-0.4, -0.2) is 0 Å². The van der Waals surface area contributed by atoms with Gasteiger partial charge in [0.05, 0.1) is 0 Å². The molecule has 0 nitrogen and oxygen atoms in total. The first-order valence-corrected chi connectivity index (χ1v) is 12.3. The van der Waals surface area contributed by atoms with Crippen LogP contribution in [0.2, 0.25) is 0 Å². The first-order chi connectivity index (χ1) is 16.8. The van der Waals surface area contributed by atoms with Gasteiger partial charge in [0.15, 0.2) is 0 Å². The summed E-state index contributed by atoms with van der Waals surface area (Å²) in [5, 5.41) is 4.19. The van der Waals surface area contributed by atoms with Crippen LogP contribution in [0.3, 0.4) is 0 Å². The Bertz CT molecular complexity index is 1030. The second kappa shape index (κ2) is 16.5. The minimum absolute atomic E-state index is 0. The number of terminal acetylenes is 1. The summed E-state index contributed by atoms with van der Waals surface area (Å²) in [6.45, 7) is 0. The molecule has 0 aliphatic heterocycles. The second-order valence-corrected chi connectivity index (χ2v) is 9.37. The Hall–Kier alpha value is -3.08. The van der Waals surface area contributed by atoms with Crippen molar-refractivity contribution in [1.29, 1.82) is 0 Å². The maximum absolute atomic E-state index is 6.77. The molecular weight excluding hydrogens is 486 g/mol. The third-order valence-electron chi connectivity index (χ3n) is 4.79. The quantitative estimate of drug-likeness (QED) is 0.136. The van der Waals surface area contributed by atoms with E-state index in [9.17, 15) is 0 Å². The monoisotopic (exact) mass is 510 g/mol. The predicted molar refractivity (Wildman–Crippen MR) is 147 cm³/mol. The van der Waals surface area contributed by atoms with Crippen molar-refractivity contribution < 1.29 is 16.5 Å². The van der Waals surface area contributed by atoms with Crippen LogP contribution in [0.5, 0.6) is 0 Å². The molecule has 1 aliphatic carbocycles. The van der Waals surface area contributed by atoms with E-state index in [2.05, 4.69) is 103 Å². The molecule has 1 fully saturated rings. The molecule has 35 heavy (non-hydrogen) atoms. The Morgan fingerprint density at radius 3 is 1.09 bits per heavy atom. The van der Waals surface area contributed by atoms with Crippen LogP contribution in [0, 0.1) is 56.8 Å². The predicted octanol–water partition coefficient (Wildman–Crippen LogP) is 6.07. The number of hydrogen-bond acceptors (Lipinski definition) is 0. The molecule has 0 saturated heterocycles. The van der Waals surface area contributed by atoms with Crippen LogP contribution < -0.4 is 15.9 Å². The topological polar surface area (TPSA) is 0 Å². The van der Waals surface area contributed by atoms with Gasteiger partial charge in [-0.2, -0.15) is 0 Å². The fourth-order valence-corrected chi connectivity index (χ4v) is 5.45. The maximum Gasteiger partial charge on any atom is 2.00 e. The molecular formula is C33H25NiP+. The molecule has 0 N–H and O–H groups in total. The minimum Gasteiger partial charge on any atom is -0.366 e. The molecule has 0 bridgehead atoms. The first kappa shape index (κ1) is 28.2. The zero-order valence-electron chi connectivity index (χ0n) is 19.2. The molecule has 5 rings (SSSR count). The van der Waals surface area contributed by atoms with E-state index in [0.717, 1.165) is 11.1 Å². The fraction of sp³-hybridized carbons (Fsp3) is 0. The van der Waals surface area contributed by atoms with Gasteiger partial charge in [-0.25, -0.2) is 0 Å². The van der Waals surface area contributed by atoms with E-state index in [1.165, 1.54) is 15.9 Å². The van der Waals surface area contributed by atoms with Crippen molar-refractivity contribution in [2.75, 3.05) is 0 Å². The molecule has 4 aromatic rings. The van der Waals surface area contributed by atoms with Crippen molar-refractivity contribution in [3.05, 3.63) is 165 Å². The van der Waals surface area contributed by atoms with Crippen LogP contribution in [0.25, 0.3) is 0 Å². The van der Waals surface area contributed by atoms with Gasteiger partial charge in [0.1, 0.15) is 0 Å². The molecule has 2 heteroatoms. The van der Waals surface area contributed by atoms with Gasteiger partial charge in [0.25, 0.3) is 0 Å². The van der Waals surface area contributed by atoms with Gasteiger partial charge in [0, 0.05) is 5.56 Å². The Morgan fingerprint density at radius 1 is 0.486 bits per heavy atom. The Labute approximate surface area is 222 Å². The van der Waals surface area contributed by atoms with Gasteiger partial charge >= 0.3 is 16.5 Å². The largest absolute Gasteiger partial charge is 2.00 e. The van der Waals surface area contributed by atoms with Crippen molar-refractivity contribution in [3.63, 3.8) is 0 Å². The van der Waals surface area contributed by atoms with E-state index < -0.39 is 7.92 Å². The SMILES string of the molecule is [C-]#Cc1ccc(C#C)cc1.[CH]1[CH][CH][CH][CH]1.[Ni+2].c1ccc(P(c2ccccc2)c2ccccc2)cc1. The van der Waals surface area contributed by atoms with Crippen molar-refractivity contribution in [2.45, 2.75) is 0 Å². The number of rotatable bonds is 3. The van der Waals surface area contributed by atoms with Crippen LogP contribution in [-0.2, 0) is 16.5 Å². The van der Waals surface area contributed by atoms with Crippen molar-refractivity contribution in [2.24, 2.45) is 0 Å². The summed E-state index contributed by atoms with van der Waals surface area (Å²) in [4.78, 5) is 0. The van der Waals surface area contributed by atoms with Crippen LogP contribution >= 0.6 is 7.92 Å². The smallest absolute Gasteiger partial charge is 0.366 e. The van der Waals surface area contributed by atoms with Crippen molar-refractivity contribution in [1.82, 2.24) is 0 Å². The molecule has 171 valence electrons. The van der Waals surface area contributed by atoms with Crippen LogP contribution in [0.15, 0.2) is 115 Å². The average Bonchev–Trinajstić information content (AvgIpc) is 3.52. The molecule has 0 amide bonds. The maximum atomic E-state index is 6.77. The number of benzene rings is 4. The first-order valence-electron chi connectivity index (χ1n) is 10.9. The average molecular weight is 511 g/mol. The normalized spacial score (nSPS) is 11.4. The van der Waals surface area contributed by atoms with E-state index >= 15 is 0 Å². The molecule has 1 saturated carbocycles. The van der Waals surface area contributed by atoms with E-state index in [-0.39, 0.29) is 16.5 Å². The van der Waals surface area contributed by atoms with Crippen LogP contribution in [0.4, 0.5) is 0 Å². The summed E-state index contributed by atoms with van der Waals surface area (Å²) in [6.07, 6.45) is 21.9. The zero-order chi connectivity index (χ0) is 23.8. The molecule has 0 atom stereocenters. The molecule has 0 heterocycles.